The van der Waals surface area contributed by atoms with E-state index in [-0.39, 0.29) is 4.90 Å². The number of sulfonamides is 1. The molecule has 0 saturated carbocycles. The minimum atomic E-state index is -3.85. The van der Waals surface area contributed by atoms with Gasteiger partial charge >= 0.3 is 0 Å². The molecule has 24 heavy (non-hydrogen) atoms. The van der Waals surface area contributed by atoms with Crippen molar-refractivity contribution in [3.05, 3.63) is 84.7 Å². The van der Waals surface area contributed by atoms with Gasteiger partial charge in [-0.2, -0.15) is 0 Å². The van der Waals surface area contributed by atoms with Gasteiger partial charge in [-0.25, -0.2) is 12.8 Å². The first-order chi connectivity index (χ1) is 11.5. The molecule has 0 bridgehead atoms. The van der Waals surface area contributed by atoms with E-state index >= 15 is 0 Å². The van der Waals surface area contributed by atoms with Crippen LogP contribution in [0.4, 0.5) is 10.1 Å². The van der Waals surface area contributed by atoms with Crippen LogP contribution in [0.2, 0.25) is 0 Å². The van der Waals surface area contributed by atoms with Crippen molar-refractivity contribution in [2.24, 2.45) is 0 Å². The summed E-state index contributed by atoms with van der Waals surface area (Å²) in [5, 5.41) is 0. The molecular formula is C18H14FNO2S2. The Morgan fingerprint density at radius 2 is 1.54 bits per heavy atom. The fourth-order valence-corrected chi connectivity index (χ4v) is 4.19. The molecule has 0 unspecified atom stereocenters. The Morgan fingerprint density at radius 3 is 2.29 bits per heavy atom. The molecule has 0 aliphatic rings. The normalized spacial score (nSPS) is 11.2. The minimum Gasteiger partial charge on any atom is -0.278 e. The zero-order valence-electron chi connectivity index (χ0n) is 12.5. The van der Waals surface area contributed by atoms with Crippen LogP contribution in [0.1, 0.15) is 0 Å². The lowest BCUT2D eigenvalue weighted by Gasteiger charge is -2.12. The van der Waals surface area contributed by atoms with E-state index < -0.39 is 15.8 Å². The molecule has 0 spiro atoms. The van der Waals surface area contributed by atoms with Gasteiger partial charge in [0.2, 0.25) is 0 Å². The lowest BCUT2D eigenvalue weighted by Crippen LogP contribution is -2.13. The van der Waals surface area contributed by atoms with Crippen molar-refractivity contribution in [1.82, 2.24) is 0 Å². The molecule has 3 nitrogen and oxygen atoms in total. The molecule has 0 aliphatic heterocycles. The van der Waals surface area contributed by atoms with Gasteiger partial charge in [0.15, 0.2) is 0 Å². The minimum absolute atomic E-state index is 0.109. The van der Waals surface area contributed by atoms with Gasteiger partial charge in [0.1, 0.15) is 5.82 Å². The first kappa shape index (κ1) is 16.5. The molecular weight excluding hydrogens is 345 g/mol. The Labute approximate surface area is 144 Å². The highest BCUT2D eigenvalue weighted by atomic mass is 32.2. The molecule has 0 atom stereocenters. The van der Waals surface area contributed by atoms with Gasteiger partial charge in [0.25, 0.3) is 10.0 Å². The highest BCUT2D eigenvalue weighted by molar-refractivity contribution is 7.99. The van der Waals surface area contributed by atoms with Gasteiger partial charge in [-0.05, 0) is 42.5 Å². The second kappa shape index (κ2) is 7.07. The molecule has 3 aromatic rings. The van der Waals surface area contributed by atoms with Crippen molar-refractivity contribution in [2.45, 2.75) is 14.7 Å². The zero-order chi connectivity index (χ0) is 17.0. The van der Waals surface area contributed by atoms with Gasteiger partial charge in [-0.1, -0.05) is 48.2 Å². The number of nitrogens with one attached hydrogen (secondary N) is 1. The van der Waals surface area contributed by atoms with E-state index in [2.05, 4.69) is 4.72 Å². The molecule has 0 fully saturated rings. The van der Waals surface area contributed by atoms with Gasteiger partial charge in [0, 0.05) is 9.79 Å². The van der Waals surface area contributed by atoms with E-state index in [9.17, 15) is 12.8 Å². The average Bonchev–Trinajstić information content (AvgIpc) is 2.57. The summed E-state index contributed by atoms with van der Waals surface area (Å²) in [5.41, 5.74) is 0.454. The summed E-state index contributed by atoms with van der Waals surface area (Å²) in [6.07, 6.45) is 0. The quantitative estimate of drug-likeness (QED) is 0.713. The highest BCUT2D eigenvalue weighted by Crippen LogP contribution is 2.34. The van der Waals surface area contributed by atoms with Crippen molar-refractivity contribution in [2.75, 3.05) is 4.72 Å². The summed E-state index contributed by atoms with van der Waals surface area (Å²) in [7, 11) is -3.85. The molecule has 3 aromatic carbocycles. The van der Waals surface area contributed by atoms with E-state index in [1.165, 1.54) is 30.0 Å². The van der Waals surface area contributed by atoms with Crippen molar-refractivity contribution in [3.63, 3.8) is 0 Å². The zero-order valence-corrected chi connectivity index (χ0v) is 14.1. The summed E-state index contributed by atoms with van der Waals surface area (Å²) in [6.45, 7) is 0. The van der Waals surface area contributed by atoms with Crippen LogP contribution in [0.15, 0.2) is 93.5 Å². The molecule has 6 heteroatoms. The van der Waals surface area contributed by atoms with Crippen LogP contribution in [0.25, 0.3) is 0 Å². The lowest BCUT2D eigenvalue weighted by atomic mass is 10.3. The molecule has 0 amide bonds. The van der Waals surface area contributed by atoms with Gasteiger partial charge < -0.3 is 0 Å². The van der Waals surface area contributed by atoms with Crippen LogP contribution >= 0.6 is 11.8 Å². The van der Waals surface area contributed by atoms with Crippen LogP contribution in [0, 0.1) is 5.82 Å². The Kier molecular flexibility index (Phi) is 4.87. The van der Waals surface area contributed by atoms with E-state index in [1.54, 1.807) is 12.1 Å². The number of hydrogen-bond donors (Lipinski definition) is 1. The van der Waals surface area contributed by atoms with Crippen LogP contribution in [-0.4, -0.2) is 8.42 Å². The topological polar surface area (TPSA) is 46.2 Å². The van der Waals surface area contributed by atoms with E-state index in [4.69, 9.17) is 0 Å². The fraction of sp³-hybridized carbons (Fsp3) is 0. The van der Waals surface area contributed by atoms with Crippen molar-refractivity contribution in [1.29, 1.82) is 0 Å². The first-order valence-corrected chi connectivity index (χ1v) is 9.45. The molecule has 0 radical (unpaired) electrons. The van der Waals surface area contributed by atoms with E-state index in [0.29, 0.717) is 5.69 Å². The highest BCUT2D eigenvalue weighted by Gasteiger charge is 2.16. The second-order valence-electron chi connectivity index (χ2n) is 4.97. The molecule has 0 saturated heterocycles. The van der Waals surface area contributed by atoms with E-state index in [1.807, 2.05) is 42.5 Å². The fourth-order valence-electron chi connectivity index (χ4n) is 2.09. The van der Waals surface area contributed by atoms with Gasteiger partial charge in [-0.15, -0.1) is 0 Å². The third-order valence-electron chi connectivity index (χ3n) is 3.21. The summed E-state index contributed by atoms with van der Waals surface area (Å²) < 4.78 is 40.8. The second-order valence-corrected chi connectivity index (χ2v) is 7.77. The largest absolute Gasteiger partial charge is 0.278 e. The van der Waals surface area contributed by atoms with Crippen molar-refractivity contribution in [3.8, 4) is 0 Å². The maximum Gasteiger partial charge on any atom is 0.262 e. The standard InChI is InChI=1S/C18H14FNO2S2/c19-14-7-6-10-16(13-14)24(21,22)20-17-11-4-5-12-18(17)23-15-8-2-1-3-9-15/h1-13,20H. The Hall–Kier alpha value is -2.31. The summed E-state index contributed by atoms with van der Waals surface area (Å²) in [6, 6.07) is 21.7. The SMILES string of the molecule is O=S(=O)(Nc1ccccc1Sc1ccccc1)c1cccc(F)c1. The predicted molar refractivity (Wildman–Crippen MR) is 94.2 cm³/mol. The van der Waals surface area contributed by atoms with Gasteiger partial charge in [0.05, 0.1) is 10.6 Å². The van der Waals surface area contributed by atoms with Crippen molar-refractivity contribution >= 4 is 27.5 Å². The first-order valence-electron chi connectivity index (χ1n) is 7.15. The third kappa shape index (κ3) is 3.96. The number of benzene rings is 3. The van der Waals surface area contributed by atoms with Crippen LogP contribution < -0.4 is 4.72 Å². The third-order valence-corrected chi connectivity index (χ3v) is 5.66. The summed E-state index contributed by atoms with van der Waals surface area (Å²) >= 11 is 1.45. The Bertz CT molecular complexity index is 944. The number of rotatable bonds is 5. The van der Waals surface area contributed by atoms with Crippen LogP contribution in [-0.2, 0) is 10.0 Å². The number of anilines is 1. The molecule has 0 heterocycles. The average molecular weight is 359 g/mol. The van der Waals surface area contributed by atoms with Crippen molar-refractivity contribution < 1.29 is 12.8 Å². The maximum absolute atomic E-state index is 13.3. The Morgan fingerprint density at radius 1 is 0.833 bits per heavy atom. The number of hydrogen-bond acceptors (Lipinski definition) is 3. The summed E-state index contributed by atoms with van der Waals surface area (Å²) in [4.78, 5) is 1.65. The molecule has 3 rings (SSSR count). The smallest absolute Gasteiger partial charge is 0.262 e. The number of halogens is 1. The van der Waals surface area contributed by atoms with E-state index in [0.717, 1.165) is 15.9 Å². The lowest BCUT2D eigenvalue weighted by molar-refractivity contribution is 0.595. The molecule has 0 aromatic heterocycles. The van der Waals surface area contributed by atoms with Crippen LogP contribution in [0.5, 0.6) is 0 Å². The predicted octanol–water partition coefficient (Wildman–Crippen LogP) is 4.78. The molecule has 0 aliphatic carbocycles. The Balaban J connectivity index is 1.90. The molecule has 1 N–H and O–H groups in total. The van der Waals surface area contributed by atoms with Crippen LogP contribution in [0.3, 0.4) is 0 Å². The number of para-hydroxylation sites is 1. The summed E-state index contributed by atoms with van der Waals surface area (Å²) in [5.74, 6) is -0.593. The maximum atomic E-state index is 13.3. The van der Waals surface area contributed by atoms with Gasteiger partial charge in [-0.3, -0.25) is 4.72 Å². The monoisotopic (exact) mass is 359 g/mol. The molecule has 122 valence electrons.